The minimum Gasteiger partial charge on any atom is -0.340 e. The zero-order valence-corrected chi connectivity index (χ0v) is 13.2. The van der Waals surface area contributed by atoms with Crippen LogP contribution in [0.3, 0.4) is 0 Å². The summed E-state index contributed by atoms with van der Waals surface area (Å²) in [5.41, 5.74) is -1.48. The van der Waals surface area contributed by atoms with E-state index in [4.69, 9.17) is 0 Å². The van der Waals surface area contributed by atoms with Crippen molar-refractivity contribution in [3.63, 3.8) is 0 Å². The third kappa shape index (κ3) is 2.37. The van der Waals surface area contributed by atoms with Crippen molar-refractivity contribution in [1.82, 2.24) is 10.2 Å². The zero-order valence-electron chi connectivity index (χ0n) is 13.2. The number of nitrogens with zero attached hydrogens (tertiary/aromatic N) is 1. The van der Waals surface area contributed by atoms with Crippen LogP contribution in [0.15, 0.2) is 0 Å². The summed E-state index contributed by atoms with van der Waals surface area (Å²) in [6.45, 7) is 11.7. The van der Waals surface area contributed by atoms with E-state index in [2.05, 4.69) is 19.2 Å². The summed E-state index contributed by atoms with van der Waals surface area (Å²) in [5.74, 6) is 0.0403. The van der Waals surface area contributed by atoms with Crippen molar-refractivity contribution in [2.45, 2.75) is 84.3 Å². The largest absolute Gasteiger partial charge is 0.340 e. The third-order valence-corrected chi connectivity index (χ3v) is 4.54. The molecule has 0 spiro atoms. The highest BCUT2D eigenvalue weighted by atomic mass is 16.2. The molecule has 0 radical (unpaired) electrons. The number of amides is 2. The fraction of sp³-hybridized carbons (Fsp3) is 0.867. The predicted octanol–water partition coefficient (Wildman–Crippen LogP) is 2.47. The average molecular weight is 268 g/mol. The topological polar surface area (TPSA) is 49.4 Å². The first-order valence-electron chi connectivity index (χ1n) is 7.47. The predicted molar refractivity (Wildman–Crippen MR) is 76.8 cm³/mol. The van der Waals surface area contributed by atoms with Gasteiger partial charge in [0.25, 0.3) is 0 Å². The Morgan fingerprint density at radius 3 is 1.89 bits per heavy atom. The van der Waals surface area contributed by atoms with Gasteiger partial charge >= 0.3 is 0 Å². The van der Waals surface area contributed by atoms with Crippen molar-refractivity contribution in [3.05, 3.63) is 0 Å². The molecular formula is C15H28N2O2. The Balaban J connectivity index is 3.35. The lowest BCUT2D eigenvalue weighted by Crippen LogP contribution is -2.75. The maximum Gasteiger partial charge on any atom is 0.248 e. The van der Waals surface area contributed by atoms with Gasteiger partial charge < -0.3 is 10.2 Å². The van der Waals surface area contributed by atoms with Crippen molar-refractivity contribution < 1.29 is 9.59 Å². The summed E-state index contributed by atoms with van der Waals surface area (Å²) >= 11 is 0. The van der Waals surface area contributed by atoms with Crippen LogP contribution in [0, 0.1) is 0 Å². The van der Waals surface area contributed by atoms with Gasteiger partial charge in [-0.15, -0.1) is 0 Å². The standard InChI is InChI=1S/C15H28N2O2/c1-7-11(8-2)17-13(19)14(5,6)16-12(18)15(17,9-3)10-4/h11H,7-10H2,1-6H3,(H,16,18). The highest BCUT2D eigenvalue weighted by Gasteiger charge is 2.54. The van der Waals surface area contributed by atoms with Gasteiger partial charge in [0, 0.05) is 6.04 Å². The molecule has 0 atom stereocenters. The number of hydrogen-bond acceptors (Lipinski definition) is 2. The molecular weight excluding hydrogens is 240 g/mol. The van der Waals surface area contributed by atoms with Gasteiger partial charge in [0.2, 0.25) is 11.8 Å². The molecule has 1 rings (SSSR count). The lowest BCUT2D eigenvalue weighted by molar-refractivity contribution is -0.166. The SMILES string of the molecule is CCC(CC)N1C(=O)C(C)(C)NC(=O)C1(CC)CC. The number of hydrogen-bond donors (Lipinski definition) is 1. The van der Waals surface area contributed by atoms with E-state index in [9.17, 15) is 9.59 Å². The maximum atomic E-state index is 12.8. The van der Waals surface area contributed by atoms with Crippen LogP contribution in [-0.2, 0) is 9.59 Å². The molecule has 0 saturated carbocycles. The van der Waals surface area contributed by atoms with Crippen molar-refractivity contribution in [2.75, 3.05) is 0 Å². The molecule has 1 saturated heterocycles. The van der Waals surface area contributed by atoms with Crippen molar-refractivity contribution in [1.29, 1.82) is 0 Å². The Labute approximate surface area is 116 Å². The first kappa shape index (κ1) is 16.0. The van der Waals surface area contributed by atoms with E-state index in [-0.39, 0.29) is 17.9 Å². The zero-order chi connectivity index (χ0) is 14.8. The van der Waals surface area contributed by atoms with Crippen LogP contribution in [0.2, 0.25) is 0 Å². The van der Waals surface area contributed by atoms with E-state index in [1.54, 1.807) is 13.8 Å². The molecule has 4 nitrogen and oxygen atoms in total. The fourth-order valence-corrected chi connectivity index (χ4v) is 3.14. The highest BCUT2D eigenvalue weighted by Crippen LogP contribution is 2.35. The molecule has 1 heterocycles. The summed E-state index contributed by atoms with van der Waals surface area (Å²) in [5, 5.41) is 2.90. The van der Waals surface area contributed by atoms with Gasteiger partial charge in [0.15, 0.2) is 0 Å². The van der Waals surface area contributed by atoms with Gasteiger partial charge in [0.1, 0.15) is 11.1 Å². The Hall–Kier alpha value is -1.06. The Morgan fingerprint density at radius 2 is 1.53 bits per heavy atom. The molecule has 1 fully saturated rings. The van der Waals surface area contributed by atoms with Crippen LogP contribution in [-0.4, -0.2) is 33.8 Å². The number of carbonyl (C=O) groups is 2. The molecule has 1 aliphatic heterocycles. The number of rotatable bonds is 5. The third-order valence-electron chi connectivity index (χ3n) is 4.54. The van der Waals surface area contributed by atoms with E-state index >= 15 is 0 Å². The minimum atomic E-state index is -0.798. The molecule has 0 aromatic carbocycles. The Bertz CT molecular complexity index is 355. The second-order valence-corrected chi connectivity index (χ2v) is 5.96. The van der Waals surface area contributed by atoms with Crippen molar-refractivity contribution in [2.24, 2.45) is 0 Å². The number of piperazine rings is 1. The molecule has 19 heavy (non-hydrogen) atoms. The molecule has 1 N–H and O–H groups in total. The Kier molecular flexibility index (Phi) is 4.64. The van der Waals surface area contributed by atoms with E-state index in [1.165, 1.54) is 0 Å². The smallest absolute Gasteiger partial charge is 0.248 e. The van der Waals surface area contributed by atoms with E-state index < -0.39 is 11.1 Å². The summed E-state index contributed by atoms with van der Waals surface area (Å²) in [7, 11) is 0. The average Bonchev–Trinajstić information content (AvgIpc) is 2.37. The monoisotopic (exact) mass is 268 g/mol. The fourth-order valence-electron chi connectivity index (χ4n) is 3.14. The molecule has 1 aliphatic rings. The molecule has 2 amide bonds. The summed E-state index contributed by atoms with van der Waals surface area (Å²) in [6, 6.07) is 0.137. The van der Waals surface area contributed by atoms with Gasteiger partial charge in [-0.1, -0.05) is 27.7 Å². The van der Waals surface area contributed by atoms with E-state index in [0.717, 1.165) is 12.8 Å². The highest BCUT2D eigenvalue weighted by molar-refractivity contribution is 6.02. The summed E-state index contributed by atoms with van der Waals surface area (Å²) in [4.78, 5) is 27.3. The maximum absolute atomic E-state index is 12.8. The van der Waals surface area contributed by atoms with Crippen LogP contribution in [0.4, 0.5) is 0 Å². The number of nitrogens with one attached hydrogen (secondary N) is 1. The van der Waals surface area contributed by atoms with Crippen LogP contribution in [0.25, 0.3) is 0 Å². The molecule has 0 aromatic heterocycles. The molecule has 0 aromatic rings. The van der Waals surface area contributed by atoms with Gasteiger partial charge in [-0.2, -0.15) is 0 Å². The second kappa shape index (κ2) is 5.51. The lowest BCUT2D eigenvalue weighted by Gasteiger charge is -2.53. The summed E-state index contributed by atoms with van der Waals surface area (Å²) in [6.07, 6.45) is 3.09. The normalized spacial score (nSPS) is 21.7. The van der Waals surface area contributed by atoms with Crippen LogP contribution < -0.4 is 5.32 Å². The quantitative estimate of drug-likeness (QED) is 0.832. The first-order chi connectivity index (χ1) is 8.80. The van der Waals surface area contributed by atoms with Gasteiger partial charge in [-0.25, -0.2) is 0 Å². The van der Waals surface area contributed by atoms with Crippen LogP contribution in [0.5, 0.6) is 0 Å². The van der Waals surface area contributed by atoms with Crippen molar-refractivity contribution in [3.8, 4) is 0 Å². The molecule has 4 heteroatoms. The number of carbonyl (C=O) groups excluding carboxylic acids is 2. The lowest BCUT2D eigenvalue weighted by atomic mass is 9.81. The van der Waals surface area contributed by atoms with Crippen LogP contribution in [0.1, 0.15) is 67.2 Å². The molecule has 0 aliphatic carbocycles. The molecule has 0 unspecified atom stereocenters. The van der Waals surface area contributed by atoms with Gasteiger partial charge in [-0.05, 0) is 39.5 Å². The minimum absolute atomic E-state index is 0.00556. The molecule has 0 bridgehead atoms. The van der Waals surface area contributed by atoms with Crippen molar-refractivity contribution >= 4 is 11.8 Å². The second-order valence-electron chi connectivity index (χ2n) is 5.96. The van der Waals surface area contributed by atoms with Gasteiger partial charge in [-0.3, -0.25) is 9.59 Å². The Morgan fingerprint density at radius 1 is 1.05 bits per heavy atom. The van der Waals surface area contributed by atoms with E-state index in [1.807, 2.05) is 18.7 Å². The van der Waals surface area contributed by atoms with Gasteiger partial charge in [0.05, 0.1) is 0 Å². The van der Waals surface area contributed by atoms with Crippen LogP contribution >= 0.6 is 0 Å². The first-order valence-corrected chi connectivity index (χ1v) is 7.47. The molecule has 110 valence electrons. The van der Waals surface area contributed by atoms with E-state index in [0.29, 0.717) is 12.8 Å². The summed E-state index contributed by atoms with van der Waals surface area (Å²) < 4.78 is 0.